The Labute approximate surface area is 139 Å². The molecule has 0 aromatic heterocycles. The molecule has 1 N–H and O–H groups in total. The molecule has 1 aliphatic heterocycles. The smallest absolute Gasteiger partial charge is 0.271 e. The van der Waals surface area contributed by atoms with Gasteiger partial charge in [-0.15, -0.1) is 0 Å². The Morgan fingerprint density at radius 2 is 2.17 bits per heavy atom. The lowest BCUT2D eigenvalue weighted by Crippen LogP contribution is -2.43. The topological polar surface area (TPSA) is 119 Å². The number of rotatable bonds is 5. The lowest BCUT2D eigenvalue weighted by Gasteiger charge is -2.30. The van der Waals surface area contributed by atoms with Crippen molar-refractivity contribution in [2.45, 2.75) is 12.8 Å². The Hall–Kier alpha value is -2.20. The van der Waals surface area contributed by atoms with Gasteiger partial charge in [0.25, 0.3) is 5.69 Å². The minimum absolute atomic E-state index is 0.0991. The minimum atomic E-state index is -3.36. The Kier molecular flexibility index (Phi) is 5.40. The number of ether oxygens (including phenoxy) is 1. The average Bonchev–Trinajstić information content (AvgIpc) is 2.54. The predicted octanol–water partition coefficient (Wildman–Crippen LogP) is 1.21. The van der Waals surface area contributed by atoms with E-state index in [0.29, 0.717) is 25.1 Å². The normalized spacial score (nSPS) is 18.8. The molecular weight excluding hydrogens is 338 g/mol. The molecule has 0 aliphatic carbocycles. The number of carbonyl (C=O) groups is 1. The highest BCUT2D eigenvalue weighted by Gasteiger charge is 2.30. The van der Waals surface area contributed by atoms with Crippen LogP contribution in [0.4, 0.5) is 11.4 Å². The maximum absolute atomic E-state index is 12.4. The lowest BCUT2D eigenvalue weighted by molar-refractivity contribution is -0.384. The summed E-state index contributed by atoms with van der Waals surface area (Å²) in [5.74, 6) is -0.607. The van der Waals surface area contributed by atoms with Crippen LogP contribution in [0.5, 0.6) is 5.75 Å². The van der Waals surface area contributed by atoms with E-state index in [4.69, 9.17) is 4.74 Å². The van der Waals surface area contributed by atoms with Gasteiger partial charge in [0.2, 0.25) is 15.9 Å². The molecule has 1 saturated heterocycles. The maximum atomic E-state index is 12.4. The van der Waals surface area contributed by atoms with Crippen LogP contribution in [-0.4, -0.2) is 50.0 Å². The van der Waals surface area contributed by atoms with Gasteiger partial charge in [-0.25, -0.2) is 12.7 Å². The Morgan fingerprint density at radius 1 is 1.46 bits per heavy atom. The molecule has 0 radical (unpaired) electrons. The van der Waals surface area contributed by atoms with Crippen molar-refractivity contribution in [3.8, 4) is 5.75 Å². The zero-order valence-corrected chi connectivity index (χ0v) is 14.2. The van der Waals surface area contributed by atoms with Gasteiger partial charge in [-0.3, -0.25) is 14.9 Å². The predicted molar refractivity (Wildman–Crippen MR) is 87.4 cm³/mol. The van der Waals surface area contributed by atoms with E-state index in [1.807, 2.05) is 0 Å². The van der Waals surface area contributed by atoms with E-state index in [2.05, 4.69) is 5.32 Å². The van der Waals surface area contributed by atoms with Crippen LogP contribution in [0.25, 0.3) is 0 Å². The van der Waals surface area contributed by atoms with Gasteiger partial charge in [0, 0.05) is 25.2 Å². The highest BCUT2D eigenvalue weighted by molar-refractivity contribution is 7.88. The van der Waals surface area contributed by atoms with Crippen LogP contribution in [0, 0.1) is 16.0 Å². The average molecular weight is 357 g/mol. The van der Waals surface area contributed by atoms with Crippen molar-refractivity contribution in [3.05, 3.63) is 28.3 Å². The van der Waals surface area contributed by atoms with E-state index in [1.54, 1.807) is 0 Å². The monoisotopic (exact) mass is 357 g/mol. The van der Waals surface area contributed by atoms with Gasteiger partial charge >= 0.3 is 0 Å². The number of nitro benzene ring substituents is 1. The molecule has 2 rings (SSSR count). The third kappa shape index (κ3) is 4.20. The maximum Gasteiger partial charge on any atom is 0.271 e. The number of nitro groups is 1. The fourth-order valence-electron chi connectivity index (χ4n) is 2.60. The summed E-state index contributed by atoms with van der Waals surface area (Å²) < 4.78 is 29.6. The molecule has 132 valence electrons. The highest BCUT2D eigenvalue weighted by atomic mass is 32.2. The van der Waals surface area contributed by atoms with Crippen molar-refractivity contribution in [1.82, 2.24) is 4.31 Å². The number of non-ortho nitro benzene ring substituents is 1. The molecule has 1 unspecified atom stereocenters. The van der Waals surface area contributed by atoms with Crippen molar-refractivity contribution in [1.29, 1.82) is 0 Å². The molecule has 1 fully saturated rings. The quantitative estimate of drug-likeness (QED) is 0.625. The van der Waals surface area contributed by atoms with E-state index in [9.17, 15) is 23.3 Å². The summed E-state index contributed by atoms with van der Waals surface area (Å²) in [6.07, 6.45) is 2.24. The number of benzene rings is 1. The summed E-state index contributed by atoms with van der Waals surface area (Å²) in [6, 6.07) is 3.89. The molecule has 1 aromatic carbocycles. The Balaban J connectivity index is 2.17. The SMILES string of the molecule is COc1ccc([N+](=O)[O-])cc1NC(=O)C1CCCN(S(C)(=O)=O)C1. The first-order valence-electron chi connectivity index (χ1n) is 7.31. The second-order valence-corrected chi connectivity index (χ2v) is 7.57. The van der Waals surface area contributed by atoms with Gasteiger partial charge in [0.05, 0.1) is 29.9 Å². The molecule has 1 aliphatic rings. The lowest BCUT2D eigenvalue weighted by atomic mass is 9.98. The van der Waals surface area contributed by atoms with Crippen molar-refractivity contribution >= 4 is 27.3 Å². The number of piperidine rings is 1. The first-order valence-corrected chi connectivity index (χ1v) is 9.15. The molecule has 0 spiro atoms. The van der Waals surface area contributed by atoms with Crippen LogP contribution in [0.1, 0.15) is 12.8 Å². The number of nitrogens with one attached hydrogen (secondary N) is 1. The third-order valence-corrected chi connectivity index (χ3v) is 5.15. The minimum Gasteiger partial charge on any atom is -0.495 e. The molecule has 1 heterocycles. The number of hydrogen-bond acceptors (Lipinski definition) is 6. The molecular formula is C14H19N3O6S. The number of carbonyl (C=O) groups excluding carboxylic acids is 1. The molecule has 10 heteroatoms. The van der Waals surface area contributed by atoms with Gasteiger partial charge in [0.15, 0.2) is 0 Å². The van der Waals surface area contributed by atoms with Gasteiger partial charge < -0.3 is 10.1 Å². The first kappa shape index (κ1) is 18.1. The van der Waals surface area contributed by atoms with Crippen molar-refractivity contribution in [2.24, 2.45) is 5.92 Å². The van der Waals surface area contributed by atoms with Crippen LogP contribution in [-0.2, 0) is 14.8 Å². The zero-order valence-electron chi connectivity index (χ0n) is 13.4. The summed E-state index contributed by atoms with van der Waals surface area (Å²) in [6.45, 7) is 0.491. The second kappa shape index (κ2) is 7.14. The molecule has 0 saturated carbocycles. The van der Waals surface area contributed by atoms with Crippen molar-refractivity contribution in [2.75, 3.05) is 31.8 Å². The fraction of sp³-hybridized carbons (Fsp3) is 0.500. The van der Waals surface area contributed by atoms with Gasteiger partial charge in [-0.2, -0.15) is 0 Å². The molecule has 0 bridgehead atoms. The molecule has 9 nitrogen and oxygen atoms in total. The van der Waals surface area contributed by atoms with E-state index in [1.165, 1.54) is 29.6 Å². The first-order chi connectivity index (χ1) is 11.2. The highest BCUT2D eigenvalue weighted by Crippen LogP contribution is 2.30. The number of sulfonamides is 1. The largest absolute Gasteiger partial charge is 0.495 e. The summed E-state index contributed by atoms with van der Waals surface area (Å²) in [5, 5.41) is 13.5. The standard InChI is InChI=1S/C14H19N3O6S/c1-23-13-6-5-11(17(19)20)8-12(13)15-14(18)10-4-3-7-16(9-10)24(2,21)22/h5-6,8,10H,3-4,7,9H2,1-2H3,(H,15,18). The number of amides is 1. The van der Waals surface area contributed by atoms with E-state index in [0.717, 1.165) is 6.26 Å². The summed E-state index contributed by atoms with van der Waals surface area (Å²) in [4.78, 5) is 22.7. The summed E-state index contributed by atoms with van der Waals surface area (Å²) in [7, 11) is -1.96. The summed E-state index contributed by atoms with van der Waals surface area (Å²) >= 11 is 0. The van der Waals surface area contributed by atoms with Crippen LogP contribution < -0.4 is 10.1 Å². The summed E-state index contributed by atoms with van der Waals surface area (Å²) in [5.41, 5.74) is 0.0145. The molecule has 1 amide bonds. The number of hydrogen-bond donors (Lipinski definition) is 1. The van der Waals surface area contributed by atoms with Gasteiger partial charge in [-0.1, -0.05) is 0 Å². The van der Waals surface area contributed by atoms with Crippen molar-refractivity contribution < 1.29 is 22.9 Å². The van der Waals surface area contributed by atoms with Crippen LogP contribution in [0.15, 0.2) is 18.2 Å². The van der Waals surface area contributed by atoms with Crippen LogP contribution >= 0.6 is 0 Å². The van der Waals surface area contributed by atoms with Gasteiger partial charge in [0.1, 0.15) is 5.75 Å². The van der Waals surface area contributed by atoms with Gasteiger partial charge in [-0.05, 0) is 18.9 Å². The van der Waals surface area contributed by atoms with E-state index in [-0.39, 0.29) is 23.8 Å². The Bertz CT molecular complexity index is 749. The second-order valence-electron chi connectivity index (χ2n) is 5.59. The van der Waals surface area contributed by atoms with E-state index >= 15 is 0 Å². The fourth-order valence-corrected chi connectivity index (χ4v) is 3.51. The van der Waals surface area contributed by atoms with E-state index < -0.39 is 20.9 Å². The molecule has 1 aromatic rings. The van der Waals surface area contributed by atoms with Crippen LogP contribution in [0.2, 0.25) is 0 Å². The third-order valence-electron chi connectivity index (χ3n) is 3.88. The zero-order chi connectivity index (χ0) is 17.9. The number of nitrogens with zero attached hydrogens (tertiary/aromatic N) is 2. The number of anilines is 1. The Morgan fingerprint density at radius 3 is 2.75 bits per heavy atom. The molecule has 1 atom stereocenters. The van der Waals surface area contributed by atoms with Crippen molar-refractivity contribution in [3.63, 3.8) is 0 Å². The number of methoxy groups -OCH3 is 1. The molecule has 24 heavy (non-hydrogen) atoms. The van der Waals surface area contributed by atoms with Crippen LogP contribution in [0.3, 0.4) is 0 Å².